The second kappa shape index (κ2) is 8.45. The predicted octanol–water partition coefficient (Wildman–Crippen LogP) is 4.88. The molecular formula is C23H22N2O3. The van der Waals surface area contributed by atoms with Crippen LogP contribution in [0.4, 0.5) is 0 Å². The molecule has 3 rings (SSSR count). The number of carbonyl (C=O) groups is 1. The van der Waals surface area contributed by atoms with Crippen molar-refractivity contribution in [2.24, 2.45) is 0 Å². The molecular weight excluding hydrogens is 352 g/mol. The summed E-state index contributed by atoms with van der Waals surface area (Å²) in [6, 6.07) is 17.7. The Kier molecular flexibility index (Phi) is 5.81. The molecule has 2 aromatic carbocycles. The number of nitrogens with zero attached hydrogens (tertiary/aromatic N) is 2. The third-order valence-electron chi connectivity index (χ3n) is 4.76. The zero-order valence-electron chi connectivity index (χ0n) is 16.0. The first-order valence-corrected chi connectivity index (χ1v) is 9.10. The summed E-state index contributed by atoms with van der Waals surface area (Å²) < 4.78 is 7.35. The average molecular weight is 374 g/mol. The molecule has 1 N–H and O–H groups in total. The normalized spacial score (nSPS) is 10.5. The van der Waals surface area contributed by atoms with E-state index in [1.807, 2.05) is 55.6 Å². The minimum absolute atomic E-state index is 0.127. The van der Waals surface area contributed by atoms with Crippen LogP contribution in [0.25, 0.3) is 22.4 Å². The Hall–Kier alpha value is -3.52. The number of rotatable bonds is 7. The Balaban J connectivity index is 2.08. The van der Waals surface area contributed by atoms with Crippen LogP contribution in [0.15, 0.2) is 54.7 Å². The van der Waals surface area contributed by atoms with Crippen LogP contribution in [0, 0.1) is 18.3 Å². The summed E-state index contributed by atoms with van der Waals surface area (Å²) in [5.74, 6) is -0.000572. The van der Waals surface area contributed by atoms with Crippen LogP contribution in [0.2, 0.25) is 0 Å². The molecule has 0 saturated heterocycles. The molecule has 0 bridgehead atoms. The van der Waals surface area contributed by atoms with Gasteiger partial charge in [-0.05, 0) is 54.8 Å². The summed E-state index contributed by atoms with van der Waals surface area (Å²) in [6.45, 7) is 2.60. The molecule has 0 saturated carbocycles. The van der Waals surface area contributed by atoms with Gasteiger partial charge in [-0.15, -0.1) is 0 Å². The lowest BCUT2D eigenvalue weighted by molar-refractivity contribution is -0.137. The number of nitriles is 1. The molecule has 3 aromatic rings. The molecule has 142 valence electrons. The Morgan fingerprint density at radius 2 is 1.89 bits per heavy atom. The molecule has 0 spiro atoms. The fourth-order valence-electron chi connectivity index (χ4n) is 3.36. The summed E-state index contributed by atoms with van der Waals surface area (Å²) in [7, 11) is 1.64. The minimum atomic E-state index is -0.793. The number of aliphatic carboxylic acids is 1. The Morgan fingerprint density at radius 1 is 1.14 bits per heavy atom. The van der Waals surface area contributed by atoms with Gasteiger partial charge in [0, 0.05) is 30.3 Å². The van der Waals surface area contributed by atoms with Crippen LogP contribution in [0.3, 0.4) is 0 Å². The third-order valence-corrected chi connectivity index (χ3v) is 4.76. The Labute approximate surface area is 164 Å². The van der Waals surface area contributed by atoms with Crippen LogP contribution in [0.5, 0.6) is 5.75 Å². The van der Waals surface area contributed by atoms with Crippen molar-refractivity contribution in [3.63, 3.8) is 0 Å². The summed E-state index contributed by atoms with van der Waals surface area (Å²) >= 11 is 0. The number of ether oxygens (including phenoxy) is 1. The lowest BCUT2D eigenvalue weighted by Crippen LogP contribution is -2.03. The lowest BCUT2D eigenvalue weighted by atomic mass is 9.97. The SMILES string of the molecule is COc1ccc(-c2ccn(CCCC(=O)O)c2-c2ccc(C#N)cc2C)cc1. The highest BCUT2D eigenvalue weighted by Crippen LogP contribution is 2.36. The van der Waals surface area contributed by atoms with Gasteiger partial charge in [0.05, 0.1) is 24.4 Å². The number of carboxylic acid groups (broad SMARTS) is 1. The molecule has 5 nitrogen and oxygen atoms in total. The molecule has 0 radical (unpaired) electrons. The maximum absolute atomic E-state index is 10.9. The molecule has 0 fully saturated rings. The van der Waals surface area contributed by atoms with Crippen molar-refractivity contribution in [1.82, 2.24) is 4.57 Å². The van der Waals surface area contributed by atoms with Crippen LogP contribution in [-0.2, 0) is 11.3 Å². The highest BCUT2D eigenvalue weighted by Gasteiger charge is 2.16. The summed E-state index contributed by atoms with van der Waals surface area (Å²) in [4.78, 5) is 10.9. The van der Waals surface area contributed by atoms with E-state index in [2.05, 4.69) is 16.7 Å². The monoisotopic (exact) mass is 374 g/mol. The van der Waals surface area contributed by atoms with Gasteiger partial charge in [0.2, 0.25) is 0 Å². The maximum atomic E-state index is 10.9. The van der Waals surface area contributed by atoms with Gasteiger partial charge >= 0.3 is 5.97 Å². The Morgan fingerprint density at radius 3 is 2.50 bits per heavy atom. The first-order chi connectivity index (χ1) is 13.5. The molecule has 0 aliphatic heterocycles. The predicted molar refractivity (Wildman–Crippen MR) is 108 cm³/mol. The molecule has 5 heteroatoms. The fourth-order valence-corrected chi connectivity index (χ4v) is 3.36. The van der Waals surface area contributed by atoms with Crippen LogP contribution < -0.4 is 4.74 Å². The van der Waals surface area contributed by atoms with E-state index in [0.29, 0.717) is 18.5 Å². The van der Waals surface area contributed by atoms with Gasteiger partial charge in [0.25, 0.3) is 0 Å². The van der Waals surface area contributed by atoms with E-state index in [1.54, 1.807) is 7.11 Å². The van der Waals surface area contributed by atoms with Gasteiger partial charge < -0.3 is 14.4 Å². The summed E-state index contributed by atoms with van der Waals surface area (Å²) in [6.07, 6.45) is 2.67. The number of benzene rings is 2. The smallest absolute Gasteiger partial charge is 0.303 e. The van der Waals surface area contributed by atoms with Gasteiger partial charge in [0.15, 0.2) is 0 Å². The number of methoxy groups -OCH3 is 1. The highest BCUT2D eigenvalue weighted by molar-refractivity contribution is 5.83. The fraction of sp³-hybridized carbons (Fsp3) is 0.217. The van der Waals surface area contributed by atoms with E-state index in [0.717, 1.165) is 33.7 Å². The average Bonchev–Trinajstić information content (AvgIpc) is 3.11. The zero-order valence-corrected chi connectivity index (χ0v) is 16.0. The van der Waals surface area contributed by atoms with Gasteiger partial charge in [-0.1, -0.05) is 18.2 Å². The second-order valence-electron chi connectivity index (χ2n) is 6.64. The third kappa shape index (κ3) is 4.07. The molecule has 0 atom stereocenters. The van der Waals surface area contributed by atoms with E-state index < -0.39 is 5.97 Å². The second-order valence-corrected chi connectivity index (χ2v) is 6.64. The van der Waals surface area contributed by atoms with Crippen molar-refractivity contribution >= 4 is 5.97 Å². The van der Waals surface area contributed by atoms with Gasteiger partial charge in [-0.25, -0.2) is 0 Å². The molecule has 0 amide bonds. The highest BCUT2D eigenvalue weighted by atomic mass is 16.5. The molecule has 1 aromatic heterocycles. The van der Waals surface area contributed by atoms with E-state index in [1.165, 1.54) is 0 Å². The van der Waals surface area contributed by atoms with Gasteiger partial charge in [-0.2, -0.15) is 5.26 Å². The van der Waals surface area contributed by atoms with Crippen molar-refractivity contribution in [2.75, 3.05) is 7.11 Å². The number of hydrogen-bond acceptors (Lipinski definition) is 3. The number of carboxylic acids is 1. The summed E-state index contributed by atoms with van der Waals surface area (Å²) in [5.41, 5.74) is 5.80. The number of aryl methyl sites for hydroxylation is 2. The Bertz CT molecular complexity index is 1030. The van der Waals surface area contributed by atoms with Crippen molar-refractivity contribution in [3.05, 3.63) is 65.9 Å². The van der Waals surface area contributed by atoms with Gasteiger partial charge in [-0.3, -0.25) is 4.79 Å². The molecule has 0 unspecified atom stereocenters. The largest absolute Gasteiger partial charge is 0.497 e. The number of hydrogen-bond donors (Lipinski definition) is 1. The standard InChI is InChI=1S/C23H22N2O3/c1-16-14-17(15-24)5-10-20(16)23-21(18-6-8-19(28-2)9-7-18)11-13-25(23)12-3-4-22(26)27/h5-11,13-14H,3-4,12H2,1-2H3,(H,26,27). The quantitative estimate of drug-likeness (QED) is 0.640. The van der Waals surface area contributed by atoms with Crippen molar-refractivity contribution < 1.29 is 14.6 Å². The lowest BCUT2D eigenvalue weighted by Gasteiger charge is -2.15. The van der Waals surface area contributed by atoms with E-state index in [4.69, 9.17) is 15.1 Å². The molecule has 0 aliphatic carbocycles. The maximum Gasteiger partial charge on any atom is 0.303 e. The first-order valence-electron chi connectivity index (χ1n) is 9.10. The van der Waals surface area contributed by atoms with E-state index in [-0.39, 0.29) is 6.42 Å². The molecule has 0 aliphatic rings. The van der Waals surface area contributed by atoms with Crippen molar-refractivity contribution in [1.29, 1.82) is 5.26 Å². The number of aromatic nitrogens is 1. The van der Waals surface area contributed by atoms with Gasteiger partial charge in [0.1, 0.15) is 5.75 Å². The van der Waals surface area contributed by atoms with Crippen molar-refractivity contribution in [2.45, 2.75) is 26.3 Å². The van der Waals surface area contributed by atoms with Crippen LogP contribution >= 0.6 is 0 Å². The molecule has 1 heterocycles. The van der Waals surface area contributed by atoms with Crippen molar-refractivity contribution in [3.8, 4) is 34.2 Å². The topological polar surface area (TPSA) is 75.2 Å². The van der Waals surface area contributed by atoms with Crippen LogP contribution in [0.1, 0.15) is 24.0 Å². The van der Waals surface area contributed by atoms with E-state index in [9.17, 15) is 4.79 Å². The first kappa shape index (κ1) is 19.2. The van der Waals surface area contributed by atoms with Crippen LogP contribution in [-0.4, -0.2) is 22.8 Å². The summed E-state index contributed by atoms with van der Waals surface area (Å²) in [5, 5.41) is 18.1. The van der Waals surface area contributed by atoms with E-state index >= 15 is 0 Å². The minimum Gasteiger partial charge on any atom is -0.497 e. The zero-order chi connectivity index (χ0) is 20.1. The molecule has 28 heavy (non-hydrogen) atoms.